The van der Waals surface area contributed by atoms with Crippen LogP contribution in [0.4, 0.5) is 16.0 Å². The quantitative estimate of drug-likeness (QED) is 0.687. The van der Waals surface area contributed by atoms with Crippen LogP contribution in [0.3, 0.4) is 0 Å². The predicted molar refractivity (Wildman–Crippen MR) is 131 cm³/mol. The standard InChI is InChI=1S/C24H32N6O2S/c1-17-6-3-8-20(18(17)2)27-12-14-28(15-13-27)22(32)19-7-4-10-29(16-19)23-25-26-24(33-23)30-11-5-9-21(30)31/h3,6,8,19H,4-5,7,9-16H2,1-2H3. The zero-order valence-electron chi connectivity index (χ0n) is 19.5. The van der Waals surface area contributed by atoms with Crippen molar-refractivity contribution in [3.05, 3.63) is 29.3 Å². The Kier molecular flexibility index (Phi) is 6.23. The molecule has 4 heterocycles. The van der Waals surface area contributed by atoms with Gasteiger partial charge in [-0.1, -0.05) is 23.5 Å². The summed E-state index contributed by atoms with van der Waals surface area (Å²) in [7, 11) is 0. The van der Waals surface area contributed by atoms with Crippen LogP contribution in [0.25, 0.3) is 0 Å². The average molecular weight is 469 g/mol. The molecular weight excluding hydrogens is 436 g/mol. The summed E-state index contributed by atoms with van der Waals surface area (Å²) in [4.78, 5) is 33.7. The lowest BCUT2D eigenvalue weighted by Gasteiger charge is -2.40. The molecule has 5 rings (SSSR count). The lowest BCUT2D eigenvalue weighted by Crippen LogP contribution is -2.52. The number of nitrogens with zero attached hydrogens (tertiary/aromatic N) is 6. The third kappa shape index (κ3) is 4.43. The smallest absolute Gasteiger partial charge is 0.228 e. The van der Waals surface area contributed by atoms with Crippen LogP contribution in [0.15, 0.2) is 18.2 Å². The Bertz CT molecular complexity index is 1030. The summed E-state index contributed by atoms with van der Waals surface area (Å²) in [6.45, 7) is 9.89. The Labute approximate surface area is 199 Å². The first-order chi connectivity index (χ1) is 16.0. The predicted octanol–water partition coefficient (Wildman–Crippen LogP) is 2.85. The highest BCUT2D eigenvalue weighted by atomic mass is 32.1. The fourth-order valence-corrected chi connectivity index (χ4v) is 6.08. The van der Waals surface area contributed by atoms with Crippen molar-refractivity contribution in [2.24, 2.45) is 5.92 Å². The van der Waals surface area contributed by atoms with Crippen molar-refractivity contribution in [2.75, 3.05) is 60.5 Å². The third-order valence-corrected chi connectivity index (χ3v) is 8.26. The number of aryl methyl sites for hydroxylation is 1. The summed E-state index contributed by atoms with van der Waals surface area (Å²) < 4.78 is 0. The molecule has 3 fully saturated rings. The van der Waals surface area contributed by atoms with Gasteiger partial charge in [-0.05, 0) is 50.3 Å². The number of aromatic nitrogens is 2. The Hall–Kier alpha value is -2.68. The monoisotopic (exact) mass is 468 g/mol. The molecule has 8 nitrogen and oxygen atoms in total. The minimum absolute atomic E-state index is 0.00762. The molecule has 1 unspecified atom stereocenters. The SMILES string of the molecule is Cc1cccc(N2CCN(C(=O)C3CCCN(c4nnc(N5CCCC5=O)s4)C3)CC2)c1C. The Morgan fingerprint density at radius 1 is 0.970 bits per heavy atom. The summed E-state index contributed by atoms with van der Waals surface area (Å²) >= 11 is 1.47. The minimum atomic E-state index is -0.00762. The second-order valence-corrected chi connectivity index (χ2v) is 10.3. The number of piperidine rings is 1. The topological polar surface area (TPSA) is 72.9 Å². The molecule has 1 aromatic carbocycles. The van der Waals surface area contributed by atoms with Gasteiger partial charge in [0, 0.05) is 57.9 Å². The molecule has 0 N–H and O–H groups in total. The molecule has 1 atom stereocenters. The van der Waals surface area contributed by atoms with E-state index in [-0.39, 0.29) is 17.7 Å². The van der Waals surface area contributed by atoms with Gasteiger partial charge in [0.05, 0.1) is 5.92 Å². The van der Waals surface area contributed by atoms with E-state index in [1.807, 2.05) is 4.90 Å². The first kappa shape index (κ1) is 22.1. The van der Waals surface area contributed by atoms with E-state index in [9.17, 15) is 9.59 Å². The number of amides is 2. The van der Waals surface area contributed by atoms with Crippen molar-refractivity contribution >= 4 is 39.1 Å². The molecule has 0 saturated carbocycles. The molecule has 1 aromatic heterocycles. The molecule has 2 aromatic rings. The number of carbonyl (C=O) groups is 2. The maximum Gasteiger partial charge on any atom is 0.228 e. The molecule has 0 radical (unpaired) electrons. The van der Waals surface area contributed by atoms with Gasteiger partial charge < -0.3 is 14.7 Å². The second kappa shape index (κ2) is 9.29. The second-order valence-electron chi connectivity index (χ2n) is 9.33. The average Bonchev–Trinajstić information content (AvgIpc) is 3.50. The highest BCUT2D eigenvalue weighted by Gasteiger charge is 2.33. The van der Waals surface area contributed by atoms with Crippen molar-refractivity contribution < 1.29 is 9.59 Å². The van der Waals surface area contributed by atoms with Crippen LogP contribution >= 0.6 is 11.3 Å². The first-order valence-electron chi connectivity index (χ1n) is 12.0. The number of piperazine rings is 1. The van der Waals surface area contributed by atoms with Crippen molar-refractivity contribution in [1.82, 2.24) is 15.1 Å². The Balaban J connectivity index is 1.19. The molecule has 9 heteroatoms. The molecule has 0 aliphatic carbocycles. The van der Waals surface area contributed by atoms with E-state index >= 15 is 0 Å². The summed E-state index contributed by atoms with van der Waals surface area (Å²) in [5, 5.41) is 10.1. The lowest BCUT2D eigenvalue weighted by molar-refractivity contribution is -0.136. The van der Waals surface area contributed by atoms with E-state index in [4.69, 9.17) is 0 Å². The van der Waals surface area contributed by atoms with Crippen molar-refractivity contribution in [2.45, 2.75) is 39.5 Å². The molecule has 0 bridgehead atoms. The Morgan fingerprint density at radius 3 is 2.52 bits per heavy atom. The van der Waals surface area contributed by atoms with Gasteiger partial charge in [0.1, 0.15) is 0 Å². The van der Waals surface area contributed by atoms with Crippen LogP contribution < -0.4 is 14.7 Å². The van der Waals surface area contributed by atoms with Gasteiger partial charge in [0.15, 0.2) is 0 Å². The molecule has 3 saturated heterocycles. The van der Waals surface area contributed by atoms with E-state index in [0.29, 0.717) is 18.1 Å². The van der Waals surface area contributed by atoms with Gasteiger partial charge >= 0.3 is 0 Å². The van der Waals surface area contributed by atoms with Crippen LogP contribution in [0.1, 0.15) is 36.8 Å². The van der Waals surface area contributed by atoms with E-state index < -0.39 is 0 Å². The van der Waals surface area contributed by atoms with E-state index in [0.717, 1.165) is 63.7 Å². The molecule has 2 amide bonds. The van der Waals surface area contributed by atoms with Gasteiger partial charge in [-0.15, -0.1) is 10.2 Å². The maximum atomic E-state index is 13.3. The molecule has 3 aliphatic rings. The van der Waals surface area contributed by atoms with Crippen LogP contribution in [0.5, 0.6) is 0 Å². The zero-order chi connectivity index (χ0) is 22.9. The van der Waals surface area contributed by atoms with Gasteiger partial charge in [-0.2, -0.15) is 0 Å². The fraction of sp³-hybridized carbons (Fsp3) is 0.583. The van der Waals surface area contributed by atoms with Crippen molar-refractivity contribution in [3.8, 4) is 0 Å². The van der Waals surface area contributed by atoms with Gasteiger partial charge in [-0.3, -0.25) is 14.5 Å². The summed E-state index contributed by atoms with van der Waals surface area (Å²) in [5.41, 5.74) is 3.92. The lowest BCUT2D eigenvalue weighted by atomic mass is 9.96. The molecule has 0 spiro atoms. The molecule has 33 heavy (non-hydrogen) atoms. The van der Waals surface area contributed by atoms with E-state index in [1.54, 1.807) is 4.90 Å². The van der Waals surface area contributed by atoms with Gasteiger partial charge in [-0.25, -0.2) is 0 Å². The highest BCUT2D eigenvalue weighted by Crippen LogP contribution is 2.33. The summed E-state index contributed by atoms with van der Waals surface area (Å²) in [5.74, 6) is 0.385. The highest BCUT2D eigenvalue weighted by molar-refractivity contribution is 7.19. The van der Waals surface area contributed by atoms with Gasteiger partial charge in [0.2, 0.25) is 22.1 Å². The number of hydrogen-bond acceptors (Lipinski definition) is 7. The number of hydrogen-bond donors (Lipinski definition) is 0. The van der Waals surface area contributed by atoms with Crippen LogP contribution in [-0.2, 0) is 9.59 Å². The number of rotatable bonds is 4. The largest absolute Gasteiger partial charge is 0.368 e. The zero-order valence-corrected chi connectivity index (χ0v) is 20.3. The minimum Gasteiger partial charge on any atom is -0.368 e. The van der Waals surface area contributed by atoms with Crippen LogP contribution in [-0.4, -0.2) is 72.7 Å². The van der Waals surface area contributed by atoms with E-state index in [2.05, 4.69) is 52.0 Å². The molecule has 176 valence electrons. The first-order valence-corrected chi connectivity index (χ1v) is 12.8. The third-order valence-electron chi connectivity index (χ3n) is 7.26. The number of carbonyl (C=O) groups excluding carboxylic acids is 2. The normalized spacial score (nSPS) is 21.8. The number of benzene rings is 1. The Morgan fingerprint density at radius 2 is 1.76 bits per heavy atom. The maximum absolute atomic E-state index is 13.3. The summed E-state index contributed by atoms with van der Waals surface area (Å²) in [6.07, 6.45) is 3.36. The van der Waals surface area contributed by atoms with Crippen molar-refractivity contribution in [1.29, 1.82) is 0 Å². The van der Waals surface area contributed by atoms with Crippen LogP contribution in [0.2, 0.25) is 0 Å². The van der Waals surface area contributed by atoms with Crippen LogP contribution in [0, 0.1) is 19.8 Å². The summed E-state index contributed by atoms with van der Waals surface area (Å²) in [6, 6.07) is 6.45. The fourth-order valence-electron chi connectivity index (χ4n) is 5.15. The van der Waals surface area contributed by atoms with Crippen molar-refractivity contribution in [3.63, 3.8) is 0 Å². The molecule has 3 aliphatic heterocycles. The molecular formula is C24H32N6O2S. The number of anilines is 3. The van der Waals surface area contributed by atoms with E-state index in [1.165, 1.54) is 28.2 Å². The van der Waals surface area contributed by atoms with Gasteiger partial charge in [0.25, 0.3) is 0 Å².